The van der Waals surface area contributed by atoms with Crippen LogP contribution in [-0.4, -0.2) is 25.9 Å². The summed E-state index contributed by atoms with van der Waals surface area (Å²) >= 11 is 0. The van der Waals surface area contributed by atoms with Crippen LogP contribution in [0.15, 0.2) is 15.5 Å². The molecule has 0 atom stereocenters. The lowest BCUT2D eigenvalue weighted by Gasteiger charge is -2.23. The lowest BCUT2D eigenvalue weighted by Crippen LogP contribution is -2.42. The first-order valence-corrected chi connectivity index (χ1v) is 12.5. The van der Waals surface area contributed by atoms with Crippen LogP contribution in [0.25, 0.3) is 0 Å². The maximum atomic E-state index is 5.91. The summed E-state index contributed by atoms with van der Waals surface area (Å²) in [7, 11) is -3.17. The highest BCUT2D eigenvalue weighted by Gasteiger charge is 2.51. The lowest BCUT2D eigenvalue weighted by atomic mass is 10.0. The van der Waals surface area contributed by atoms with Crippen molar-refractivity contribution in [2.45, 2.75) is 105 Å². The van der Waals surface area contributed by atoms with Crippen molar-refractivity contribution >= 4 is 25.9 Å². The molecule has 0 heterocycles. The molecule has 156 valence electrons. The Morgan fingerprint density at radius 3 is 1.56 bits per heavy atom. The summed E-state index contributed by atoms with van der Waals surface area (Å²) in [4.78, 5) is 0. The quantitative estimate of drug-likeness (QED) is 0.208. The molecule has 6 nitrogen and oxygen atoms in total. The Balaban J connectivity index is 2.94. The van der Waals surface area contributed by atoms with Crippen molar-refractivity contribution in [3.05, 3.63) is 0 Å². The Kier molecular flexibility index (Phi) is 11.3. The van der Waals surface area contributed by atoms with Gasteiger partial charge in [0, 0.05) is 0 Å². The summed E-state index contributed by atoms with van der Waals surface area (Å²) in [6.07, 6.45) is 10.0. The van der Waals surface area contributed by atoms with E-state index in [4.69, 9.17) is 13.6 Å². The first-order chi connectivity index (χ1) is 12.9. The van der Waals surface area contributed by atoms with Gasteiger partial charge in [-0.1, -0.05) is 52.9 Å². The van der Waals surface area contributed by atoms with E-state index in [1.165, 1.54) is 32.1 Å². The van der Waals surface area contributed by atoms with Gasteiger partial charge in [-0.2, -0.15) is 0 Å². The summed E-state index contributed by atoms with van der Waals surface area (Å²) in [6, 6.07) is 0.672. The average Bonchev–Trinajstić information content (AvgIpc) is 3.21. The minimum atomic E-state index is -3.17. The molecule has 1 rings (SSSR count). The molecule has 0 spiro atoms. The van der Waals surface area contributed by atoms with Crippen molar-refractivity contribution in [1.82, 2.24) is 0 Å². The second-order valence-corrected chi connectivity index (χ2v) is 9.95. The fourth-order valence-corrected chi connectivity index (χ4v) is 4.63. The molecular weight excluding hydrogens is 358 g/mol. The summed E-state index contributed by atoms with van der Waals surface area (Å²) in [5.41, 5.74) is 2.71. The van der Waals surface area contributed by atoms with E-state index in [-0.39, 0.29) is 0 Å². The molecule has 0 bridgehead atoms. The fourth-order valence-electron chi connectivity index (χ4n) is 2.73. The standard InChI is InChI=1S/C20H39N3O3Si/c1-7-17(4)21-24-27(25-22-18(5)8-2,26-23-19(6)9-3)16-12-15-20-13-10-11-14-20/h20H,7-16H2,1-6H3. The van der Waals surface area contributed by atoms with Gasteiger partial charge in [-0.3, -0.25) is 0 Å². The van der Waals surface area contributed by atoms with Crippen molar-refractivity contribution < 1.29 is 13.6 Å². The molecule has 0 aromatic rings. The second kappa shape index (κ2) is 12.9. The molecule has 0 aromatic heterocycles. The zero-order valence-corrected chi connectivity index (χ0v) is 19.2. The van der Waals surface area contributed by atoms with Gasteiger partial charge in [0.1, 0.15) is 0 Å². The molecule has 7 heteroatoms. The Bertz CT molecular complexity index is 460. The normalized spacial score (nSPS) is 19.1. The van der Waals surface area contributed by atoms with Crippen LogP contribution < -0.4 is 0 Å². The number of oxime groups is 3. The first kappa shape index (κ1) is 23.7. The van der Waals surface area contributed by atoms with E-state index in [0.717, 1.165) is 48.7 Å². The highest BCUT2D eigenvalue weighted by molar-refractivity contribution is 6.60. The Morgan fingerprint density at radius 1 is 0.778 bits per heavy atom. The van der Waals surface area contributed by atoms with Gasteiger partial charge in [0.2, 0.25) is 0 Å². The number of hydrogen-bond acceptors (Lipinski definition) is 6. The van der Waals surface area contributed by atoms with E-state index in [0.29, 0.717) is 6.04 Å². The van der Waals surface area contributed by atoms with Crippen LogP contribution in [-0.2, 0) is 13.6 Å². The topological polar surface area (TPSA) is 64.8 Å². The maximum Gasteiger partial charge on any atom is 0.762 e. The Labute approximate surface area is 166 Å². The van der Waals surface area contributed by atoms with E-state index in [1.54, 1.807) is 0 Å². The summed E-state index contributed by atoms with van der Waals surface area (Å²) < 4.78 is 17.7. The van der Waals surface area contributed by atoms with Crippen LogP contribution in [0.1, 0.15) is 99.3 Å². The summed E-state index contributed by atoms with van der Waals surface area (Å²) in [5.74, 6) is 0.819. The zero-order valence-electron chi connectivity index (χ0n) is 18.2. The van der Waals surface area contributed by atoms with Crippen molar-refractivity contribution in [1.29, 1.82) is 0 Å². The van der Waals surface area contributed by atoms with Crippen LogP contribution in [0.3, 0.4) is 0 Å². The van der Waals surface area contributed by atoms with Crippen molar-refractivity contribution in [3.63, 3.8) is 0 Å². The van der Waals surface area contributed by atoms with E-state index >= 15 is 0 Å². The molecule has 0 N–H and O–H groups in total. The van der Waals surface area contributed by atoms with Gasteiger partial charge >= 0.3 is 8.80 Å². The highest BCUT2D eigenvalue weighted by atomic mass is 28.4. The maximum absolute atomic E-state index is 5.91. The minimum absolute atomic E-state index is 0.672. The first-order valence-electron chi connectivity index (χ1n) is 10.6. The van der Waals surface area contributed by atoms with Gasteiger partial charge in [-0.25, -0.2) is 0 Å². The molecule has 1 saturated carbocycles. The Morgan fingerprint density at radius 2 is 1.19 bits per heavy atom. The summed E-state index contributed by atoms with van der Waals surface area (Å²) in [6.45, 7) is 12.0. The molecule has 0 aromatic carbocycles. The predicted octanol–water partition coefficient (Wildman–Crippen LogP) is 6.30. The molecule has 1 fully saturated rings. The molecular formula is C20H39N3O3Si. The van der Waals surface area contributed by atoms with Crippen LogP contribution in [0.5, 0.6) is 0 Å². The Hall–Kier alpha value is -1.37. The number of hydrogen-bond donors (Lipinski definition) is 0. The van der Waals surface area contributed by atoms with Crippen LogP contribution in [0.4, 0.5) is 0 Å². The largest absolute Gasteiger partial charge is 0.762 e. The van der Waals surface area contributed by atoms with Crippen LogP contribution in [0, 0.1) is 5.92 Å². The van der Waals surface area contributed by atoms with Gasteiger partial charge in [0.05, 0.1) is 23.2 Å². The van der Waals surface area contributed by atoms with Gasteiger partial charge in [-0.15, -0.1) is 15.5 Å². The smallest absolute Gasteiger partial charge is 0.373 e. The van der Waals surface area contributed by atoms with Gasteiger partial charge in [0.15, 0.2) is 0 Å². The molecule has 0 aliphatic heterocycles. The van der Waals surface area contributed by atoms with Gasteiger partial charge in [-0.05, 0) is 52.4 Å². The molecule has 0 saturated heterocycles. The molecule has 0 amide bonds. The summed E-state index contributed by atoms with van der Waals surface area (Å²) in [5, 5.41) is 12.8. The molecule has 1 aliphatic rings. The average molecular weight is 398 g/mol. The minimum Gasteiger partial charge on any atom is -0.373 e. The third kappa shape index (κ3) is 9.40. The highest BCUT2D eigenvalue weighted by Crippen LogP contribution is 2.31. The molecule has 1 aliphatic carbocycles. The lowest BCUT2D eigenvalue weighted by molar-refractivity contribution is 0.0644. The molecule has 0 unspecified atom stereocenters. The predicted molar refractivity (Wildman–Crippen MR) is 115 cm³/mol. The molecule has 27 heavy (non-hydrogen) atoms. The van der Waals surface area contributed by atoms with E-state index in [2.05, 4.69) is 15.5 Å². The third-order valence-electron chi connectivity index (χ3n) is 5.13. The van der Waals surface area contributed by atoms with Crippen molar-refractivity contribution in [2.24, 2.45) is 21.4 Å². The van der Waals surface area contributed by atoms with Crippen molar-refractivity contribution in [2.75, 3.05) is 0 Å². The van der Waals surface area contributed by atoms with E-state index < -0.39 is 8.80 Å². The molecule has 0 radical (unpaired) electrons. The van der Waals surface area contributed by atoms with E-state index in [9.17, 15) is 0 Å². The van der Waals surface area contributed by atoms with Crippen molar-refractivity contribution in [3.8, 4) is 0 Å². The number of rotatable bonds is 13. The van der Waals surface area contributed by atoms with Gasteiger partial charge in [0.25, 0.3) is 0 Å². The van der Waals surface area contributed by atoms with E-state index in [1.807, 2.05) is 41.5 Å². The van der Waals surface area contributed by atoms with Gasteiger partial charge < -0.3 is 13.6 Å². The third-order valence-corrected chi connectivity index (χ3v) is 7.20. The fraction of sp³-hybridized carbons (Fsp3) is 0.850. The van der Waals surface area contributed by atoms with Crippen LogP contribution >= 0.6 is 0 Å². The van der Waals surface area contributed by atoms with Crippen LogP contribution in [0.2, 0.25) is 6.04 Å². The monoisotopic (exact) mass is 397 g/mol. The SMILES string of the molecule is CCC(C)=NO[Si](CCCC1CCCC1)(ON=C(C)CC)ON=C(C)CC. The second-order valence-electron chi connectivity index (χ2n) is 7.54. The zero-order chi connectivity index (χ0) is 20.1. The number of nitrogens with zero attached hydrogens (tertiary/aromatic N) is 3.